The van der Waals surface area contributed by atoms with E-state index >= 15 is 0 Å². The zero-order valence-electron chi connectivity index (χ0n) is 21.2. The lowest BCUT2D eigenvalue weighted by molar-refractivity contribution is 0.0534. The van der Waals surface area contributed by atoms with Crippen LogP contribution in [0.15, 0.2) is 24.3 Å². The molecule has 3 aromatic rings. The zero-order chi connectivity index (χ0) is 26.8. The molecular formula is C27H31ClN6O4. The summed E-state index contributed by atoms with van der Waals surface area (Å²) in [7, 11) is 0. The first kappa shape index (κ1) is 26.2. The number of rotatable bonds is 6. The summed E-state index contributed by atoms with van der Waals surface area (Å²) in [5.74, 6) is 0.552. The van der Waals surface area contributed by atoms with Gasteiger partial charge < -0.3 is 14.4 Å². The van der Waals surface area contributed by atoms with Crippen molar-refractivity contribution in [1.82, 2.24) is 24.8 Å². The summed E-state index contributed by atoms with van der Waals surface area (Å²) >= 11 is 6.32. The van der Waals surface area contributed by atoms with E-state index in [0.29, 0.717) is 72.1 Å². The number of Topliss-reactive ketones (excluding diaryl/α,β-unsaturated/α-hetero) is 1. The Bertz CT molecular complexity index is 1380. The SMILES string of the molecule is CC1CCC(Cn2c(C(=O)C3CCOCC3)nc3nc(C(=N)NC(=O)O)nc(-c4cccc(Cl)c4)c32)CC1. The van der Waals surface area contributed by atoms with E-state index in [1.165, 1.54) is 0 Å². The maximum Gasteiger partial charge on any atom is 0.410 e. The van der Waals surface area contributed by atoms with E-state index < -0.39 is 11.9 Å². The molecule has 1 aliphatic carbocycles. The molecule has 0 spiro atoms. The van der Waals surface area contributed by atoms with Crippen molar-refractivity contribution >= 4 is 40.5 Å². The molecule has 1 aliphatic heterocycles. The molecule has 3 N–H and O–H groups in total. The van der Waals surface area contributed by atoms with Crippen LogP contribution in [0.2, 0.25) is 5.02 Å². The Balaban J connectivity index is 1.70. The third-order valence-electron chi connectivity index (χ3n) is 7.55. The fourth-order valence-corrected chi connectivity index (χ4v) is 5.62. The molecule has 2 fully saturated rings. The molecule has 11 heteroatoms. The van der Waals surface area contributed by atoms with E-state index in [1.54, 1.807) is 18.2 Å². The highest BCUT2D eigenvalue weighted by Crippen LogP contribution is 2.34. The summed E-state index contributed by atoms with van der Waals surface area (Å²) in [6.45, 7) is 3.95. The topological polar surface area (TPSA) is 143 Å². The minimum atomic E-state index is -1.39. The fourth-order valence-electron chi connectivity index (χ4n) is 5.43. The highest BCUT2D eigenvalue weighted by Gasteiger charge is 2.31. The molecule has 1 saturated heterocycles. The number of hydrogen-bond donors (Lipinski definition) is 3. The number of ketones is 1. The lowest BCUT2D eigenvalue weighted by Gasteiger charge is -2.27. The van der Waals surface area contributed by atoms with Gasteiger partial charge in [0.15, 0.2) is 23.1 Å². The lowest BCUT2D eigenvalue weighted by atomic mass is 9.83. The fraction of sp³-hybridized carbons (Fsp3) is 0.481. The lowest BCUT2D eigenvalue weighted by Crippen LogP contribution is -2.30. The van der Waals surface area contributed by atoms with Crippen LogP contribution in [0.3, 0.4) is 0 Å². The molecule has 5 rings (SSSR count). The zero-order valence-corrected chi connectivity index (χ0v) is 22.0. The van der Waals surface area contributed by atoms with Gasteiger partial charge in [0.05, 0.1) is 0 Å². The summed E-state index contributed by atoms with van der Waals surface area (Å²) in [5, 5.41) is 19.9. The number of carboxylic acid groups (broad SMARTS) is 1. The number of nitrogens with zero attached hydrogens (tertiary/aromatic N) is 4. The van der Waals surface area contributed by atoms with Crippen LogP contribution >= 0.6 is 11.6 Å². The Morgan fingerprint density at radius 1 is 1.13 bits per heavy atom. The van der Waals surface area contributed by atoms with Crippen LogP contribution in [0, 0.1) is 23.2 Å². The number of fused-ring (bicyclic) bond motifs is 1. The van der Waals surface area contributed by atoms with E-state index in [9.17, 15) is 9.59 Å². The predicted octanol–water partition coefficient (Wildman–Crippen LogP) is 5.18. The largest absolute Gasteiger partial charge is 0.465 e. The summed E-state index contributed by atoms with van der Waals surface area (Å²) in [6.07, 6.45) is 4.27. The highest BCUT2D eigenvalue weighted by molar-refractivity contribution is 6.30. The predicted molar refractivity (Wildman–Crippen MR) is 143 cm³/mol. The molecule has 1 amide bonds. The van der Waals surface area contributed by atoms with E-state index in [1.807, 2.05) is 16.0 Å². The third-order valence-corrected chi connectivity index (χ3v) is 7.78. The number of carbonyl (C=O) groups is 2. The number of imidazole rings is 1. The quantitative estimate of drug-likeness (QED) is 0.223. The highest BCUT2D eigenvalue weighted by atomic mass is 35.5. The van der Waals surface area contributed by atoms with Crippen molar-refractivity contribution in [1.29, 1.82) is 5.41 Å². The van der Waals surface area contributed by atoms with Gasteiger partial charge in [-0.15, -0.1) is 0 Å². The van der Waals surface area contributed by atoms with Gasteiger partial charge >= 0.3 is 6.09 Å². The molecule has 0 radical (unpaired) electrons. The van der Waals surface area contributed by atoms with Gasteiger partial charge in [0, 0.05) is 36.3 Å². The maximum absolute atomic E-state index is 13.8. The van der Waals surface area contributed by atoms with Crippen LogP contribution in [-0.2, 0) is 11.3 Å². The van der Waals surface area contributed by atoms with Crippen LogP contribution in [0.5, 0.6) is 0 Å². The Kier molecular flexibility index (Phi) is 7.71. The minimum Gasteiger partial charge on any atom is -0.465 e. The average Bonchev–Trinajstić information content (AvgIpc) is 3.27. The van der Waals surface area contributed by atoms with Crippen LogP contribution in [0.25, 0.3) is 22.4 Å². The van der Waals surface area contributed by atoms with Gasteiger partial charge in [0.25, 0.3) is 0 Å². The van der Waals surface area contributed by atoms with Crippen LogP contribution < -0.4 is 5.32 Å². The number of aromatic nitrogens is 4. The maximum atomic E-state index is 13.8. The normalized spacial score (nSPS) is 20.4. The van der Waals surface area contributed by atoms with E-state index in [4.69, 9.17) is 31.8 Å². The second-order valence-corrected chi connectivity index (χ2v) is 10.7. The number of amidine groups is 1. The van der Waals surface area contributed by atoms with Crippen molar-refractivity contribution < 1.29 is 19.4 Å². The first-order chi connectivity index (χ1) is 18.3. The summed E-state index contributed by atoms with van der Waals surface area (Å²) in [4.78, 5) is 38.8. The summed E-state index contributed by atoms with van der Waals surface area (Å²) in [5.41, 5.74) is 1.96. The first-order valence-corrected chi connectivity index (χ1v) is 13.4. The second kappa shape index (κ2) is 11.2. The third kappa shape index (κ3) is 5.56. The minimum absolute atomic E-state index is 0.0483. The Hall–Kier alpha value is -3.37. The standard InChI is InChI=1S/C27H31ClN6O4/c1-15-5-7-16(8-6-15)14-34-21-20(18-3-2-4-19(28)13-18)30-25(23(29)31-27(36)37)32-24(21)33-26(34)22(35)17-9-11-38-12-10-17/h2-4,13,15-17H,5-12,14H2,1H3,(H2,29,31)(H,36,37). The van der Waals surface area contributed by atoms with E-state index in [-0.39, 0.29) is 23.2 Å². The molecule has 200 valence electrons. The van der Waals surface area contributed by atoms with Crippen LogP contribution in [-0.4, -0.2) is 55.6 Å². The summed E-state index contributed by atoms with van der Waals surface area (Å²) < 4.78 is 7.44. The monoisotopic (exact) mass is 538 g/mol. The van der Waals surface area contributed by atoms with Gasteiger partial charge in [-0.2, -0.15) is 0 Å². The van der Waals surface area contributed by atoms with Crippen LogP contribution in [0.1, 0.15) is 61.9 Å². The van der Waals surface area contributed by atoms with E-state index in [2.05, 4.69) is 16.9 Å². The first-order valence-electron chi connectivity index (χ1n) is 13.0. The molecule has 10 nitrogen and oxygen atoms in total. The van der Waals surface area contributed by atoms with Gasteiger partial charge in [-0.3, -0.25) is 15.5 Å². The smallest absolute Gasteiger partial charge is 0.410 e. The van der Waals surface area contributed by atoms with E-state index in [0.717, 1.165) is 25.7 Å². The van der Waals surface area contributed by atoms with Crippen LogP contribution in [0.4, 0.5) is 4.79 Å². The van der Waals surface area contributed by atoms with Gasteiger partial charge in [0.1, 0.15) is 11.2 Å². The number of hydrogen-bond acceptors (Lipinski definition) is 7. The molecule has 1 aromatic carbocycles. The molecular weight excluding hydrogens is 508 g/mol. The number of ether oxygens (including phenoxy) is 1. The average molecular weight is 539 g/mol. The van der Waals surface area contributed by atoms with Crippen molar-refractivity contribution in [2.45, 2.75) is 52.0 Å². The molecule has 2 aliphatic rings. The molecule has 38 heavy (non-hydrogen) atoms. The van der Waals surface area contributed by atoms with Crippen molar-refractivity contribution in [3.63, 3.8) is 0 Å². The number of amides is 1. The second-order valence-electron chi connectivity index (χ2n) is 10.3. The summed E-state index contributed by atoms with van der Waals surface area (Å²) in [6, 6.07) is 7.13. The van der Waals surface area contributed by atoms with Gasteiger partial charge in [-0.25, -0.2) is 19.7 Å². The van der Waals surface area contributed by atoms with Gasteiger partial charge in [0.2, 0.25) is 5.78 Å². The molecule has 0 atom stereocenters. The van der Waals surface area contributed by atoms with Crippen molar-refractivity contribution in [2.75, 3.05) is 13.2 Å². The van der Waals surface area contributed by atoms with Gasteiger partial charge in [-0.05, 0) is 49.7 Å². The van der Waals surface area contributed by atoms with Crippen molar-refractivity contribution in [3.8, 4) is 11.3 Å². The van der Waals surface area contributed by atoms with Crippen molar-refractivity contribution in [2.24, 2.45) is 17.8 Å². The Labute approximate surface area is 225 Å². The number of halogens is 1. The molecule has 3 heterocycles. The Morgan fingerprint density at radius 3 is 2.55 bits per heavy atom. The number of carbonyl (C=O) groups excluding carboxylic acids is 1. The van der Waals surface area contributed by atoms with Gasteiger partial charge in [-0.1, -0.05) is 43.5 Å². The molecule has 0 unspecified atom stereocenters. The molecule has 1 saturated carbocycles. The number of benzene rings is 1. The molecule has 2 aromatic heterocycles. The van der Waals surface area contributed by atoms with Crippen molar-refractivity contribution in [3.05, 3.63) is 40.9 Å². The number of nitrogens with one attached hydrogen (secondary N) is 2. The Morgan fingerprint density at radius 2 is 1.87 bits per heavy atom. The molecule has 0 bridgehead atoms.